The van der Waals surface area contributed by atoms with Gasteiger partial charge in [-0.1, -0.05) is 23.3 Å². The van der Waals surface area contributed by atoms with Crippen molar-refractivity contribution in [3.63, 3.8) is 0 Å². The number of carbonyl (C=O) groups is 2. The van der Waals surface area contributed by atoms with Gasteiger partial charge in [0.1, 0.15) is 17.1 Å². The van der Waals surface area contributed by atoms with Gasteiger partial charge in [0.25, 0.3) is 0 Å². The Hall–Kier alpha value is -2.82. The van der Waals surface area contributed by atoms with Crippen LogP contribution >= 0.6 is 0 Å². The quantitative estimate of drug-likeness (QED) is 0.668. The molecule has 0 saturated heterocycles. The molecule has 1 heterocycles. The Balaban J connectivity index is 1.85. The van der Waals surface area contributed by atoms with E-state index < -0.39 is 17.1 Å². The van der Waals surface area contributed by atoms with Gasteiger partial charge in [-0.2, -0.15) is 0 Å². The summed E-state index contributed by atoms with van der Waals surface area (Å²) < 4.78 is 6.37. The minimum atomic E-state index is -0.591. The standard InChI is InChI=1S/C25H28O5/c1-13(2)6-5-9-25(4)18-8-7-14(3)10-16(18)21-22(28)17-11-15(26)12-19(27)20(17)23(29)24(21)30-25/h6,10-12,16,18,26-27H,5,7-9H2,1-4H3/t16-,18+,25?/m0/s1. The molecule has 0 bridgehead atoms. The summed E-state index contributed by atoms with van der Waals surface area (Å²) in [5.74, 6) is -1.56. The molecular weight excluding hydrogens is 380 g/mol. The van der Waals surface area contributed by atoms with Crippen molar-refractivity contribution < 1.29 is 24.5 Å². The second-order valence-corrected chi connectivity index (χ2v) is 9.21. The largest absolute Gasteiger partial charge is 0.508 e. The maximum absolute atomic E-state index is 13.4. The van der Waals surface area contributed by atoms with Gasteiger partial charge < -0.3 is 14.9 Å². The van der Waals surface area contributed by atoms with E-state index in [4.69, 9.17) is 4.74 Å². The topological polar surface area (TPSA) is 83.8 Å². The third-order valence-corrected chi connectivity index (χ3v) is 6.66. The average Bonchev–Trinajstić information content (AvgIpc) is 2.65. The molecular formula is C25H28O5. The van der Waals surface area contributed by atoms with E-state index in [-0.39, 0.29) is 40.3 Å². The van der Waals surface area contributed by atoms with Gasteiger partial charge in [0, 0.05) is 23.5 Å². The van der Waals surface area contributed by atoms with Crippen LogP contribution in [0.1, 0.15) is 74.1 Å². The predicted molar refractivity (Wildman–Crippen MR) is 114 cm³/mol. The molecule has 30 heavy (non-hydrogen) atoms. The molecule has 4 rings (SSSR count). The molecule has 3 atom stereocenters. The summed E-state index contributed by atoms with van der Waals surface area (Å²) in [5, 5.41) is 20.2. The zero-order chi connectivity index (χ0) is 21.8. The Morgan fingerprint density at radius 2 is 1.97 bits per heavy atom. The number of aromatic hydroxyl groups is 2. The number of hydrogen-bond donors (Lipinski definition) is 2. The van der Waals surface area contributed by atoms with E-state index >= 15 is 0 Å². The van der Waals surface area contributed by atoms with Crippen LogP contribution in [0.15, 0.2) is 46.8 Å². The number of Topliss-reactive ketones (excluding diaryl/α,β-unsaturated/α-hetero) is 2. The number of fused-ring (bicyclic) bond motifs is 3. The number of carbonyl (C=O) groups excluding carboxylic acids is 2. The van der Waals surface area contributed by atoms with E-state index in [0.29, 0.717) is 5.57 Å². The van der Waals surface area contributed by atoms with Crippen LogP contribution in [-0.2, 0) is 4.74 Å². The normalized spacial score (nSPS) is 27.5. The number of phenolic OH excluding ortho intramolecular Hbond substituents is 2. The van der Waals surface area contributed by atoms with Gasteiger partial charge in [0.15, 0.2) is 11.5 Å². The molecule has 5 nitrogen and oxygen atoms in total. The van der Waals surface area contributed by atoms with Crippen LogP contribution in [-0.4, -0.2) is 27.4 Å². The van der Waals surface area contributed by atoms with E-state index in [1.807, 2.05) is 13.8 Å². The summed E-state index contributed by atoms with van der Waals surface area (Å²) in [5.41, 5.74) is 2.16. The minimum absolute atomic E-state index is 0.0448. The Morgan fingerprint density at radius 1 is 1.23 bits per heavy atom. The molecule has 0 saturated carbocycles. The fraction of sp³-hybridized carbons (Fsp3) is 0.440. The number of rotatable bonds is 3. The van der Waals surface area contributed by atoms with Crippen LogP contribution in [0.5, 0.6) is 11.5 Å². The predicted octanol–water partition coefficient (Wildman–Crippen LogP) is 5.24. The molecule has 2 N–H and O–H groups in total. The first-order valence-corrected chi connectivity index (χ1v) is 10.5. The monoisotopic (exact) mass is 408 g/mol. The highest BCUT2D eigenvalue weighted by atomic mass is 16.5. The average molecular weight is 408 g/mol. The lowest BCUT2D eigenvalue weighted by Crippen LogP contribution is -2.50. The van der Waals surface area contributed by atoms with Gasteiger partial charge in [-0.15, -0.1) is 0 Å². The summed E-state index contributed by atoms with van der Waals surface area (Å²) in [6.07, 6.45) is 7.64. The third kappa shape index (κ3) is 3.17. The lowest BCUT2D eigenvalue weighted by molar-refractivity contribution is -0.0682. The number of ether oxygens (including phenoxy) is 1. The highest BCUT2D eigenvalue weighted by Crippen LogP contribution is 2.52. The van der Waals surface area contributed by atoms with Crippen molar-refractivity contribution in [2.75, 3.05) is 0 Å². The van der Waals surface area contributed by atoms with Crippen LogP contribution in [0.2, 0.25) is 0 Å². The Bertz CT molecular complexity index is 1040. The van der Waals surface area contributed by atoms with E-state index in [0.717, 1.165) is 31.7 Å². The maximum Gasteiger partial charge on any atom is 0.232 e. The second-order valence-electron chi connectivity index (χ2n) is 9.21. The van der Waals surface area contributed by atoms with Crippen molar-refractivity contribution in [1.82, 2.24) is 0 Å². The van der Waals surface area contributed by atoms with Crippen molar-refractivity contribution in [1.29, 1.82) is 0 Å². The van der Waals surface area contributed by atoms with Crippen molar-refractivity contribution in [3.05, 3.63) is 57.9 Å². The smallest absolute Gasteiger partial charge is 0.232 e. The Morgan fingerprint density at radius 3 is 2.67 bits per heavy atom. The van der Waals surface area contributed by atoms with E-state index in [1.54, 1.807) is 0 Å². The molecule has 2 aliphatic carbocycles. The second kappa shape index (κ2) is 7.15. The molecule has 1 unspecified atom stereocenters. The lowest BCUT2D eigenvalue weighted by Gasteiger charge is -2.49. The molecule has 3 aliphatic rings. The molecule has 0 amide bonds. The zero-order valence-electron chi connectivity index (χ0n) is 17.9. The van der Waals surface area contributed by atoms with Crippen molar-refractivity contribution in [2.24, 2.45) is 11.8 Å². The van der Waals surface area contributed by atoms with Crippen LogP contribution in [0.3, 0.4) is 0 Å². The molecule has 1 aromatic carbocycles. The summed E-state index contributed by atoms with van der Waals surface area (Å²) in [7, 11) is 0. The maximum atomic E-state index is 13.4. The van der Waals surface area contributed by atoms with Crippen molar-refractivity contribution in [2.45, 2.75) is 59.0 Å². The van der Waals surface area contributed by atoms with Crippen LogP contribution in [0, 0.1) is 11.8 Å². The van der Waals surface area contributed by atoms with Crippen molar-refractivity contribution >= 4 is 11.6 Å². The van der Waals surface area contributed by atoms with Crippen LogP contribution in [0.25, 0.3) is 0 Å². The first kappa shape index (κ1) is 20.5. The Kier molecular flexibility index (Phi) is 4.88. The zero-order valence-corrected chi connectivity index (χ0v) is 17.9. The lowest BCUT2D eigenvalue weighted by atomic mass is 9.63. The molecule has 0 radical (unpaired) electrons. The molecule has 1 aromatic rings. The molecule has 0 aromatic heterocycles. The number of hydrogen-bond acceptors (Lipinski definition) is 5. The number of benzene rings is 1. The van der Waals surface area contributed by atoms with Gasteiger partial charge in [-0.25, -0.2) is 0 Å². The van der Waals surface area contributed by atoms with Gasteiger partial charge in [-0.3, -0.25) is 9.59 Å². The summed E-state index contributed by atoms with van der Waals surface area (Å²) >= 11 is 0. The molecule has 158 valence electrons. The summed E-state index contributed by atoms with van der Waals surface area (Å²) in [6, 6.07) is 2.34. The summed E-state index contributed by atoms with van der Waals surface area (Å²) in [6.45, 7) is 8.19. The molecule has 0 spiro atoms. The van der Waals surface area contributed by atoms with Crippen LogP contribution < -0.4 is 0 Å². The van der Waals surface area contributed by atoms with Crippen LogP contribution in [0.4, 0.5) is 0 Å². The first-order valence-electron chi connectivity index (χ1n) is 10.5. The van der Waals surface area contributed by atoms with Gasteiger partial charge in [0.05, 0.1) is 11.1 Å². The minimum Gasteiger partial charge on any atom is -0.508 e. The van der Waals surface area contributed by atoms with Gasteiger partial charge in [0.2, 0.25) is 5.78 Å². The number of ketones is 2. The van der Waals surface area contributed by atoms with E-state index in [9.17, 15) is 19.8 Å². The summed E-state index contributed by atoms with van der Waals surface area (Å²) in [4.78, 5) is 26.8. The fourth-order valence-electron chi connectivity index (χ4n) is 5.15. The SMILES string of the molecule is CC(C)=CCCC1(C)OC2=C(C(=O)c3cc(O)cc(O)c3C2=O)[C@H]2C=C(C)CC[C@H]21. The Labute approximate surface area is 176 Å². The first-order chi connectivity index (χ1) is 14.1. The molecule has 5 heteroatoms. The van der Waals surface area contributed by atoms with Crippen molar-refractivity contribution in [3.8, 4) is 11.5 Å². The van der Waals surface area contributed by atoms with Gasteiger partial charge >= 0.3 is 0 Å². The highest BCUT2D eigenvalue weighted by Gasteiger charge is 2.52. The molecule has 0 fully saturated rings. The number of allylic oxidation sites excluding steroid dienone is 6. The highest BCUT2D eigenvalue weighted by molar-refractivity contribution is 6.27. The van der Waals surface area contributed by atoms with E-state index in [1.165, 1.54) is 17.2 Å². The molecule has 1 aliphatic heterocycles. The fourth-order valence-corrected chi connectivity index (χ4v) is 5.15. The van der Waals surface area contributed by atoms with Gasteiger partial charge in [-0.05, 0) is 59.4 Å². The van der Waals surface area contributed by atoms with E-state index in [2.05, 4.69) is 26.0 Å². The third-order valence-electron chi connectivity index (χ3n) is 6.66. The number of phenols is 2.